The third kappa shape index (κ3) is 4.10. The van der Waals surface area contributed by atoms with E-state index in [1.807, 2.05) is 23.1 Å². The van der Waals surface area contributed by atoms with Crippen molar-refractivity contribution >= 4 is 11.9 Å². The molecule has 2 aliphatic heterocycles. The number of hydrogen-bond donors (Lipinski definition) is 2. The second-order valence-electron chi connectivity index (χ2n) is 8.33. The van der Waals surface area contributed by atoms with Gasteiger partial charge in [-0.3, -0.25) is 4.79 Å². The van der Waals surface area contributed by atoms with Gasteiger partial charge < -0.3 is 20.7 Å². The minimum Gasteiger partial charge on any atom is -0.377 e. The Morgan fingerprint density at radius 1 is 1.15 bits per heavy atom. The molecule has 3 fully saturated rings. The summed E-state index contributed by atoms with van der Waals surface area (Å²) in [4.78, 5) is 26.3. The largest absolute Gasteiger partial charge is 0.377 e. The van der Waals surface area contributed by atoms with Crippen molar-refractivity contribution in [3.05, 3.63) is 35.9 Å². The van der Waals surface area contributed by atoms with E-state index in [-0.39, 0.29) is 29.5 Å². The van der Waals surface area contributed by atoms with Gasteiger partial charge in [0.15, 0.2) is 0 Å². The SMILES string of the molecule is NC(=O)[C@H]1CCO[C@@H]1C1CCN(C(=O)NC2(Cc3ccccc3)CC2)CC1. The number of piperidine rings is 1. The lowest BCUT2D eigenvalue weighted by atomic mass is 9.84. The van der Waals surface area contributed by atoms with Crippen LogP contribution < -0.4 is 11.1 Å². The predicted octanol–water partition coefficient (Wildman–Crippen LogP) is 2.07. The van der Waals surface area contributed by atoms with Crippen LogP contribution in [-0.4, -0.2) is 48.2 Å². The van der Waals surface area contributed by atoms with E-state index in [0.717, 1.165) is 38.5 Å². The van der Waals surface area contributed by atoms with Crippen molar-refractivity contribution in [1.82, 2.24) is 10.2 Å². The molecule has 1 aliphatic carbocycles. The maximum absolute atomic E-state index is 12.8. The number of likely N-dealkylation sites (tertiary alicyclic amines) is 1. The number of nitrogens with zero attached hydrogens (tertiary/aromatic N) is 1. The third-order valence-electron chi connectivity index (χ3n) is 6.40. The van der Waals surface area contributed by atoms with Crippen molar-refractivity contribution < 1.29 is 14.3 Å². The number of carbonyl (C=O) groups is 2. The van der Waals surface area contributed by atoms with Gasteiger partial charge in [-0.1, -0.05) is 30.3 Å². The molecule has 4 rings (SSSR count). The molecular formula is C21H29N3O3. The number of rotatable bonds is 5. The highest BCUT2D eigenvalue weighted by molar-refractivity contribution is 5.77. The number of hydrogen-bond acceptors (Lipinski definition) is 3. The van der Waals surface area contributed by atoms with E-state index >= 15 is 0 Å². The van der Waals surface area contributed by atoms with Crippen LogP contribution in [0.3, 0.4) is 0 Å². The molecule has 0 spiro atoms. The van der Waals surface area contributed by atoms with Crippen molar-refractivity contribution in [2.75, 3.05) is 19.7 Å². The van der Waals surface area contributed by atoms with Crippen molar-refractivity contribution in [3.63, 3.8) is 0 Å². The molecule has 2 atom stereocenters. The Bertz CT molecular complexity index is 681. The molecule has 6 heteroatoms. The fourth-order valence-electron chi connectivity index (χ4n) is 4.60. The van der Waals surface area contributed by atoms with E-state index < -0.39 is 0 Å². The number of ether oxygens (including phenoxy) is 1. The van der Waals surface area contributed by atoms with Crippen LogP contribution >= 0.6 is 0 Å². The van der Waals surface area contributed by atoms with Crippen LogP contribution in [0.1, 0.15) is 37.7 Å². The minimum absolute atomic E-state index is 0.0423. The Hall–Kier alpha value is -2.08. The molecule has 3 N–H and O–H groups in total. The van der Waals surface area contributed by atoms with Gasteiger partial charge in [-0.15, -0.1) is 0 Å². The molecule has 0 bridgehead atoms. The summed E-state index contributed by atoms with van der Waals surface area (Å²) in [7, 11) is 0. The topological polar surface area (TPSA) is 84.7 Å². The number of nitrogens with two attached hydrogens (primary N) is 1. The molecule has 0 unspecified atom stereocenters. The lowest BCUT2D eigenvalue weighted by Gasteiger charge is -2.36. The number of nitrogens with one attached hydrogen (secondary N) is 1. The number of primary amides is 1. The first-order chi connectivity index (χ1) is 13.1. The van der Waals surface area contributed by atoms with Crippen molar-refractivity contribution in [1.29, 1.82) is 0 Å². The summed E-state index contributed by atoms with van der Waals surface area (Å²) in [5.41, 5.74) is 6.72. The average Bonchev–Trinajstić information content (AvgIpc) is 3.23. The highest BCUT2D eigenvalue weighted by Crippen LogP contribution is 2.39. The van der Waals surface area contributed by atoms with Crippen LogP contribution in [-0.2, 0) is 16.0 Å². The predicted molar refractivity (Wildman–Crippen MR) is 102 cm³/mol. The van der Waals surface area contributed by atoms with Gasteiger partial charge in [-0.2, -0.15) is 0 Å². The van der Waals surface area contributed by atoms with Gasteiger partial charge in [-0.05, 0) is 50.0 Å². The molecule has 3 aliphatic rings. The molecule has 1 saturated carbocycles. The van der Waals surface area contributed by atoms with E-state index in [9.17, 15) is 9.59 Å². The zero-order chi connectivity index (χ0) is 18.9. The zero-order valence-corrected chi connectivity index (χ0v) is 15.7. The van der Waals surface area contributed by atoms with Crippen LogP contribution in [0.2, 0.25) is 0 Å². The number of urea groups is 1. The van der Waals surface area contributed by atoms with Crippen molar-refractivity contribution in [3.8, 4) is 0 Å². The quantitative estimate of drug-likeness (QED) is 0.831. The summed E-state index contributed by atoms with van der Waals surface area (Å²) in [6.07, 6.45) is 5.37. The van der Waals surface area contributed by atoms with Gasteiger partial charge >= 0.3 is 6.03 Å². The van der Waals surface area contributed by atoms with E-state index in [1.54, 1.807) is 0 Å². The van der Waals surface area contributed by atoms with E-state index in [4.69, 9.17) is 10.5 Å². The first-order valence-corrected chi connectivity index (χ1v) is 10.1. The maximum Gasteiger partial charge on any atom is 0.317 e. The fraction of sp³-hybridized carbons (Fsp3) is 0.619. The van der Waals surface area contributed by atoms with Gasteiger partial charge in [-0.25, -0.2) is 4.79 Å². The van der Waals surface area contributed by atoms with Gasteiger partial charge in [0.05, 0.1) is 12.0 Å². The Balaban J connectivity index is 1.28. The summed E-state index contributed by atoms with van der Waals surface area (Å²) >= 11 is 0. The Morgan fingerprint density at radius 2 is 1.85 bits per heavy atom. The molecule has 6 nitrogen and oxygen atoms in total. The molecule has 0 radical (unpaired) electrons. The highest BCUT2D eigenvalue weighted by Gasteiger charge is 2.45. The zero-order valence-electron chi connectivity index (χ0n) is 15.7. The summed E-state index contributed by atoms with van der Waals surface area (Å²) in [5, 5.41) is 3.28. The lowest BCUT2D eigenvalue weighted by molar-refractivity contribution is -0.124. The molecule has 146 valence electrons. The van der Waals surface area contributed by atoms with E-state index in [2.05, 4.69) is 17.4 Å². The number of amides is 3. The fourth-order valence-corrected chi connectivity index (χ4v) is 4.60. The summed E-state index contributed by atoms with van der Waals surface area (Å²) in [6.45, 7) is 2.04. The Labute approximate surface area is 160 Å². The van der Waals surface area contributed by atoms with E-state index in [1.165, 1.54) is 5.56 Å². The first-order valence-electron chi connectivity index (χ1n) is 10.1. The second kappa shape index (κ2) is 7.50. The van der Waals surface area contributed by atoms with Gasteiger partial charge in [0, 0.05) is 25.2 Å². The molecule has 27 heavy (non-hydrogen) atoms. The monoisotopic (exact) mass is 371 g/mol. The summed E-state index contributed by atoms with van der Waals surface area (Å²) in [5.74, 6) is -0.113. The summed E-state index contributed by atoms with van der Waals surface area (Å²) in [6, 6.07) is 10.4. The molecule has 1 aromatic carbocycles. The Kier molecular flexibility index (Phi) is 5.08. The molecule has 2 saturated heterocycles. The second-order valence-corrected chi connectivity index (χ2v) is 8.33. The van der Waals surface area contributed by atoms with Crippen LogP contribution in [0, 0.1) is 11.8 Å². The Morgan fingerprint density at radius 3 is 2.48 bits per heavy atom. The van der Waals surface area contributed by atoms with E-state index in [0.29, 0.717) is 25.6 Å². The normalized spacial score (nSPS) is 27.3. The summed E-state index contributed by atoms with van der Waals surface area (Å²) < 4.78 is 5.80. The molecule has 3 amide bonds. The standard InChI is InChI=1S/C21H29N3O3/c22-19(25)17-8-13-27-18(17)16-6-11-24(12-7-16)20(26)23-21(9-10-21)14-15-4-2-1-3-5-15/h1-5,16-18H,6-14H2,(H2,22,25)(H,23,26)/t17-,18+/m0/s1. The molecular weight excluding hydrogens is 342 g/mol. The smallest absolute Gasteiger partial charge is 0.317 e. The van der Waals surface area contributed by atoms with Crippen molar-refractivity contribution in [2.45, 2.75) is 50.2 Å². The first kappa shape index (κ1) is 18.3. The average molecular weight is 371 g/mol. The maximum atomic E-state index is 12.8. The molecule has 0 aromatic heterocycles. The highest BCUT2D eigenvalue weighted by atomic mass is 16.5. The van der Waals surface area contributed by atoms with Crippen LogP contribution in [0.5, 0.6) is 0 Å². The number of carbonyl (C=O) groups excluding carboxylic acids is 2. The van der Waals surface area contributed by atoms with Crippen LogP contribution in [0.15, 0.2) is 30.3 Å². The molecule has 1 aromatic rings. The van der Waals surface area contributed by atoms with Gasteiger partial charge in [0.1, 0.15) is 0 Å². The number of benzene rings is 1. The van der Waals surface area contributed by atoms with Crippen LogP contribution in [0.4, 0.5) is 4.79 Å². The van der Waals surface area contributed by atoms with Gasteiger partial charge in [0.2, 0.25) is 5.91 Å². The third-order valence-corrected chi connectivity index (χ3v) is 6.40. The minimum atomic E-state index is -0.255. The van der Waals surface area contributed by atoms with Crippen LogP contribution in [0.25, 0.3) is 0 Å². The van der Waals surface area contributed by atoms with Crippen molar-refractivity contribution in [2.24, 2.45) is 17.6 Å². The molecule has 2 heterocycles. The van der Waals surface area contributed by atoms with Gasteiger partial charge in [0.25, 0.3) is 0 Å². The lowest BCUT2D eigenvalue weighted by Crippen LogP contribution is -2.51.